The van der Waals surface area contributed by atoms with E-state index in [1.165, 1.54) is 39.2 Å². The molecular formula is C10H18N2O3. The van der Waals surface area contributed by atoms with Gasteiger partial charge < -0.3 is 4.84 Å². The van der Waals surface area contributed by atoms with Crippen LogP contribution in [-0.2, 0) is 14.5 Å². The minimum atomic E-state index is -0.396. The van der Waals surface area contributed by atoms with Crippen molar-refractivity contribution in [3.05, 3.63) is 0 Å². The van der Waals surface area contributed by atoms with Crippen molar-refractivity contribution in [1.82, 2.24) is 5.48 Å². The average molecular weight is 214 g/mol. The van der Waals surface area contributed by atoms with Crippen LogP contribution in [0.4, 0.5) is 0 Å². The quantitative estimate of drug-likeness (QED) is 0.553. The summed E-state index contributed by atoms with van der Waals surface area (Å²) in [7, 11) is 1.38. The molecule has 0 aromatic heterocycles. The predicted octanol–water partition coefficient (Wildman–Crippen LogP) is 1.25. The standard InChI is InChI=1S/C10H18N2O3/c1-14-11-7-10(13)12-15-8-9-5-3-2-4-6-9/h7,9H,2-6,8H2,1H3,(H,12,13). The van der Waals surface area contributed by atoms with E-state index in [9.17, 15) is 4.79 Å². The molecule has 5 nitrogen and oxygen atoms in total. The zero-order chi connectivity index (χ0) is 10.9. The van der Waals surface area contributed by atoms with Crippen molar-refractivity contribution in [1.29, 1.82) is 0 Å². The number of hydrogen-bond acceptors (Lipinski definition) is 4. The molecule has 5 heteroatoms. The van der Waals surface area contributed by atoms with Gasteiger partial charge in [-0.15, -0.1) is 0 Å². The van der Waals surface area contributed by atoms with E-state index in [1.54, 1.807) is 0 Å². The molecular weight excluding hydrogens is 196 g/mol. The lowest BCUT2D eigenvalue weighted by Crippen LogP contribution is -2.28. The largest absolute Gasteiger partial charge is 0.399 e. The van der Waals surface area contributed by atoms with Crippen molar-refractivity contribution in [3.8, 4) is 0 Å². The van der Waals surface area contributed by atoms with Gasteiger partial charge >= 0.3 is 0 Å². The van der Waals surface area contributed by atoms with Gasteiger partial charge in [0.15, 0.2) is 0 Å². The third-order valence-electron chi connectivity index (χ3n) is 2.49. The zero-order valence-corrected chi connectivity index (χ0v) is 9.07. The van der Waals surface area contributed by atoms with E-state index in [2.05, 4.69) is 15.5 Å². The number of hydroxylamine groups is 1. The van der Waals surface area contributed by atoms with Gasteiger partial charge in [-0.1, -0.05) is 24.4 Å². The summed E-state index contributed by atoms with van der Waals surface area (Å²) in [5.41, 5.74) is 2.30. The van der Waals surface area contributed by atoms with Gasteiger partial charge in [-0.05, 0) is 18.8 Å². The fraction of sp³-hybridized carbons (Fsp3) is 0.800. The van der Waals surface area contributed by atoms with Crippen LogP contribution in [0, 0.1) is 5.92 Å². The van der Waals surface area contributed by atoms with Crippen LogP contribution in [0.15, 0.2) is 5.16 Å². The molecule has 1 rings (SSSR count). The smallest absolute Gasteiger partial charge is 0.289 e. The Morgan fingerprint density at radius 3 is 2.87 bits per heavy atom. The Morgan fingerprint density at radius 2 is 2.20 bits per heavy atom. The lowest BCUT2D eigenvalue weighted by atomic mass is 9.90. The highest BCUT2D eigenvalue weighted by Crippen LogP contribution is 2.23. The summed E-state index contributed by atoms with van der Waals surface area (Å²) >= 11 is 0. The maximum Gasteiger partial charge on any atom is 0.289 e. The van der Waals surface area contributed by atoms with Gasteiger partial charge in [0.1, 0.15) is 13.3 Å². The molecule has 0 bridgehead atoms. The number of oxime groups is 1. The first-order valence-electron chi connectivity index (χ1n) is 5.31. The molecule has 0 aromatic carbocycles. The summed E-state index contributed by atoms with van der Waals surface area (Å²) in [4.78, 5) is 20.4. The molecule has 0 radical (unpaired) electrons. The van der Waals surface area contributed by atoms with Crippen molar-refractivity contribution in [2.24, 2.45) is 11.1 Å². The van der Waals surface area contributed by atoms with Gasteiger partial charge in [-0.25, -0.2) is 5.48 Å². The van der Waals surface area contributed by atoms with Crippen LogP contribution in [0.25, 0.3) is 0 Å². The third-order valence-corrected chi connectivity index (χ3v) is 2.49. The highest BCUT2D eigenvalue weighted by molar-refractivity contribution is 6.25. The van der Waals surface area contributed by atoms with Crippen molar-refractivity contribution in [2.75, 3.05) is 13.7 Å². The number of rotatable bonds is 5. The van der Waals surface area contributed by atoms with Crippen LogP contribution in [0.2, 0.25) is 0 Å². The zero-order valence-electron chi connectivity index (χ0n) is 9.07. The number of carbonyl (C=O) groups is 1. The second-order valence-electron chi connectivity index (χ2n) is 3.70. The highest BCUT2D eigenvalue weighted by atomic mass is 16.7. The van der Waals surface area contributed by atoms with Crippen molar-refractivity contribution in [3.63, 3.8) is 0 Å². The van der Waals surface area contributed by atoms with Crippen molar-refractivity contribution >= 4 is 12.1 Å². The summed E-state index contributed by atoms with van der Waals surface area (Å²) in [5.74, 6) is 0.186. The van der Waals surface area contributed by atoms with Gasteiger partial charge in [0.25, 0.3) is 5.91 Å². The first-order valence-corrected chi connectivity index (χ1v) is 5.31. The minimum Gasteiger partial charge on any atom is -0.399 e. The molecule has 1 N–H and O–H groups in total. The highest BCUT2D eigenvalue weighted by Gasteiger charge is 2.13. The summed E-state index contributed by atoms with van der Waals surface area (Å²) in [6, 6.07) is 0. The molecule has 86 valence electrons. The molecule has 0 aliphatic heterocycles. The molecule has 1 fully saturated rings. The Bertz CT molecular complexity index is 213. The first kappa shape index (κ1) is 12.0. The number of nitrogens with one attached hydrogen (secondary N) is 1. The van der Waals surface area contributed by atoms with E-state index in [-0.39, 0.29) is 0 Å². The monoisotopic (exact) mass is 214 g/mol. The van der Waals surface area contributed by atoms with Crippen LogP contribution in [-0.4, -0.2) is 25.8 Å². The average Bonchev–Trinajstić information content (AvgIpc) is 2.28. The summed E-state index contributed by atoms with van der Waals surface area (Å²) in [6.07, 6.45) is 7.30. The summed E-state index contributed by atoms with van der Waals surface area (Å²) in [6.45, 7) is 0.590. The molecule has 0 spiro atoms. The Balaban J connectivity index is 2.04. The maximum absolute atomic E-state index is 11.0. The third kappa shape index (κ3) is 5.37. The van der Waals surface area contributed by atoms with E-state index in [0.29, 0.717) is 12.5 Å². The van der Waals surface area contributed by atoms with Gasteiger partial charge in [0.05, 0.1) is 6.61 Å². The fourth-order valence-electron chi connectivity index (χ4n) is 1.71. The van der Waals surface area contributed by atoms with E-state index in [1.807, 2.05) is 0 Å². The number of carbonyl (C=O) groups excluding carboxylic acids is 1. The summed E-state index contributed by atoms with van der Waals surface area (Å²) in [5, 5.41) is 3.32. The van der Waals surface area contributed by atoms with Crippen LogP contribution in [0.1, 0.15) is 32.1 Å². The number of amides is 1. The lowest BCUT2D eigenvalue weighted by Gasteiger charge is -2.20. The molecule has 0 atom stereocenters. The van der Waals surface area contributed by atoms with Gasteiger partial charge in [0, 0.05) is 0 Å². The van der Waals surface area contributed by atoms with Crippen LogP contribution in [0.5, 0.6) is 0 Å². The molecule has 1 saturated carbocycles. The maximum atomic E-state index is 11.0. The molecule has 0 unspecified atom stereocenters. The lowest BCUT2D eigenvalue weighted by molar-refractivity contribution is -0.127. The molecule has 1 aliphatic carbocycles. The molecule has 0 heterocycles. The van der Waals surface area contributed by atoms with Crippen LogP contribution < -0.4 is 5.48 Å². The first-order chi connectivity index (χ1) is 7.33. The fourth-order valence-corrected chi connectivity index (χ4v) is 1.71. The number of hydrogen-bond donors (Lipinski definition) is 1. The minimum absolute atomic E-state index is 0.396. The van der Waals surface area contributed by atoms with Crippen LogP contribution in [0.3, 0.4) is 0 Å². The normalized spacial score (nSPS) is 17.9. The SMILES string of the molecule is CON=CC(=O)NOCC1CCCCC1. The van der Waals surface area contributed by atoms with Crippen LogP contribution >= 0.6 is 0 Å². The Kier molecular flexibility index (Phi) is 5.77. The second kappa shape index (κ2) is 7.23. The van der Waals surface area contributed by atoms with E-state index in [4.69, 9.17) is 4.84 Å². The van der Waals surface area contributed by atoms with E-state index >= 15 is 0 Å². The Morgan fingerprint density at radius 1 is 1.47 bits per heavy atom. The molecule has 0 saturated heterocycles. The number of nitrogens with zero attached hydrogens (tertiary/aromatic N) is 1. The van der Waals surface area contributed by atoms with E-state index in [0.717, 1.165) is 6.21 Å². The molecule has 15 heavy (non-hydrogen) atoms. The van der Waals surface area contributed by atoms with Gasteiger partial charge in [-0.2, -0.15) is 0 Å². The summed E-state index contributed by atoms with van der Waals surface area (Å²) < 4.78 is 0. The topological polar surface area (TPSA) is 59.9 Å². The van der Waals surface area contributed by atoms with Crippen molar-refractivity contribution in [2.45, 2.75) is 32.1 Å². The van der Waals surface area contributed by atoms with E-state index < -0.39 is 5.91 Å². The second-order valence-corrected chi connectivity index (χ2v) is 3.70. The van der Waals surface area contributed by atoms with Gasteiger partial charge in [-0.3, -0.25) is 9.63 Å². The molecule has 1 amide bonds. The van der Waals surface area contributed by atoms with Crippen molar-refractivity contribution < 1.29 is 14.5 Å². The Hall–Kier alpha value is -1.10. The van der Waals surface area contributed by atoms with Gasteiger partial charge in [0.2, 0.25) is 0 Å². The molecule has 0 aromatic rings. The molecule has 1 aliphatic rings. The Labute approximate surface area is 89.8 Å². The predicted molar refractivity (Wildman–Crippen MR) is 56.2 cm³/mol.